The van der Waals surface area contributed by atoms with Crippen LogP contribution in [0.2, 0.25) is 6.32 Å². The number of aryl methyl sites for hydroxylation is 3. The summed E-state index contributed by atoms with van der Waals surface area (Å²) in [5.74, 6) is 0.757. The highest BCUT2D eigenvalue weighted by Crippen LogP contribution is 2.46. The van der Waals surface area contributed by atoms with Crippen LogP contribution in [0.15, 0.2) is 67.5 Å². The van der Waals surface area contributed by atoms with Crippen LogP contribution in [-0.2, 0) is 23.6 Å². The second-order valence-corrected chi connectivity index (χ2v) is 13.8. The summed E-state index contributed by atoms with van der Waals surface area (Å²) in [5.41, 5.74) is 6.63. The highest BCUT2D eigenvalue weighted by molar-refractivity contribution is 6.45. The lowest BCUT2D eigenvalue weighted by Gasteiger charge is -2.18. The largest absolute Gasteiger partial charge is 0.463 e. The third-order valence-corrected chi connectivity index (χ3v) is 8.41. The zero-order valence-corrected chi connectivity index (χ0v) is 33.5. The number of aromatic nitrogens is 3. The minimum absolute atomic E-state index is 0. The molecule has 0 unspecified atom stereocenters. The number of amides is 1. The molecule has 3 aromatic heterocycles. The zero-order valence-electron chi connectivity index (χ0n) is 33.5. The third-order valence-electron chi connectivity index (χ3n) is 8.41. The van der Waals surface area contributed by atoms with Gasteiger partial charge in [0.25, 0.3) is 5.91 Å². The molecule has 4 atom stereocenters. The van der Waals surface area contributed by atoms with E-state index in [1.807, 2.05) is 58.3 Å². The Hall–Kier alpha value is -4.23. The van der Waals surface area contributed by atoms with E-state index < -0.39 is 6.10 Å². The van der Waals surface area contributed by atoms with Crippen molar-refractivity contribution >= 4 is 31.1 Å². The predicted molar refractivity (Wildman–Crippen MR) is 222 cm³/mol. The maximum atomic E-state index is 11.7. The summed E-state index contributed by atoms with van der Waals surface area (Å²) in [5, 5.41) is 17.4. The average molecular weight is 761 g/mol. The first-order valence-electron chi connectivity index (χ1n) is 18.9. The fraction of sp³-hybridized carbons (Fsp3) is 0.512. The van der Waals surface area contributed by atoms with Crippen molar-refractivity contribution in [3.8, 4) is 0 Å². The molecule has 4 heterocycles. The molecule has 55 heavy (non-hydrogen) atoms. The van der Waals surface area contributed by atoms with Crippen molar-refractivity contribution in [2.45, 2.75) is 106 Å². The molecule has 0 bridgehead atoms. The monoisotopic (exact) mass is 760 g/mol. The molecule has 3 aromatic rings. The first-order chi connectivity index (χ1) is 25.9. The topological polar surface area (TPSA) is 144 Å². The van der Waals surface area contributed by atoms with Crippen molar-refractivity contribution in [2.75, 3.05) is 33.9 Å². The smallest absolute Gasteiger partial charge is 0.457 e. The summed E-state index contributed by atoms with van der Waals surface area (Å²) in [6.07, 6.45) is 23.1. The molecule has 12 heteroatoms. The number of likely N-dealkylation sites (N-methyl/N-ethyl adjacent to an activating group) is 1. The van der Waals surface area contributed by atoms with Crippen molar-refractivity contribution in [2.24, 2.45) is 5.92 Å². The van der Waals surface area contributed by atoms with E-state index in [-0.39, 0.29) is 39.1 Å². The quantitative estimate of drug-likeness (QED) is 0.0781. The summed E-state index contributed by atoms with van der Waals surface area (Å²) < 4.78 is 16.2. The fourth-order valence-corrected chi connectivity index (χ4v) is 5.33. The second-order valence-electron chi connectivity index (χ2n) is 13.8. The van der Waals surface area contributed by atoms with Gasteiger partial charge in [0.15, 0.2) is 0 Å². The Balaban J connectivity index is 0.000000368. The molecule has 0 aromatic carbocycles. The number of rotatable bonds is 13. The molecule has 1 amide bonds. The standard InChI is InChI=1S/C13H17NO2.C10H20BNO3.C10H13NO.C9H11NO.CH4/c1-3-4-7-16-13(15)6-5-12-8-11(2)9-14-10-12;1-5-6-7-11-14-8(2)9(15-11)10(13)12(3)4;1-7-2-8(5-11-4-7)10-3-9(10)6-12;1-8-5-9(3-2-4-11)7-10-6-8;/h5-6,8-10H,3-4,7H2,1-2H3;8-9H,5-7H2,1-4H3;2,4-5,9-10,12H,3,6H2,1H3;2-3,5-7,11H,4H2,1H3;1H4/b6-5+;;;3-2+;/t;8-,9+;9-,10-;;/m.01../s1. The van der Waals surface area contributed by atoms with Crippen molar-refractivity contribution in [1.29, 1.82) is 0 Å². The Morgan fingerprint density at radius 3 is 1.96 bits per heavy atom. The van der Waals surface area contributed by atoms with E-state index >= 15 is 0 Å². The molecular weight excluding hydrogens is 695 g/mol. The van der Waals surface area contributed by atoms with E-state index in [1.54, 1.807) is 55.9 Å². The van der Waals surface area contributed by atoms with Crippen molar-refractivity contribution in [3.63, 3.8) is 0 Å². The van der Waals surface area contributed by atoms with Crippen molar-refractivity contribution < 1.29 is 33.8 Å². The van der Waals surface area contributed by atoms with Crippen LogP contribution in [-0.4, -0.2) is 95.2 Å². The van der Waals surface area contributed by atoms with Gasteiger partial charge in [-0.05, 0) is 110 Å². The lowest BCUT2D eigenvalue weighted by molar-refractivity contribution is -0.138. The number of hydrogen-bond acceptors (Lipinski definition) is 10. The number of carbonyl (C=O) groups excluding carboxylic acids is 2. The molecular formula is C43H65BN4O7. The predicted octanol–water partition coefficient (Wildman–Crippen LogP) is 7.43. The summed E-state index contributed by atoms with van der Waals surface area (Å²) in [4.78, 5) is 36.7. The number of aliphatic hydroxyl groups is 2. The van der Waals surface area contributed by atoms with Crippen LogP contribution in [0, 0.1) is 26.7 Å². The Morgan fingerprint density at radius 2 is 1.45 bits per heavy atom. The van der Waals surface area contributed by atoms with Gasteiger partial charge in [0, 0.05) is 64.0 Å². The molecule has 1 saturated heterocycles. The van der Waals surface area contributed by atoms with Gasteiger partial charge in [-0.1, -0.05) is 58.8 Å². The summed E-state index contributed by atoms with van der Waals surface area (Å²) in [6, 6.07) is 6.13. The van der Waals surface area contributed by atoms with Crippen LogP contribution in [0.1, 0.15) is 99.6 Å². The number of pyridine rings is 3. The van der Waals surface area contributed by atoms with Crippen LogP contribution in [0.3, 0.4) is 0 Å². The summed E-state index contributed by atoms with van der Waals surface area (Å²) in [7, 11) is 3.27. The minimum atomic E-state index is -0.429. The number of nitrogens with zero attached hydrogens (tertiary/aromatic N) is 4. The van der Waals surface area contributed by atoms with E-state index in [0.717, 1.165) is 60.7 Å². The molecule has 0 spiro atoms. The Morgan fingerprint density at radius 1 is 0.873 bits per heavy atom. The van der Waals surface area contributed by atoms with Gasteiger partial charge in [0.2, 0.25) is 0 Å². The van der Waals surface area contributed by atoms with E-state index in [4.69, 9.17) is 24.3 Å². The van der Waals surface area contributed by atoms with Crippen LogP contribution in [0.4, 0.5) is 0 Å². The van der Waals surface area contributed by atoms with Crippen LogP contribution >= 0.6 is 0 Å². The number of esters is 1. The number of carbonyl (C=O) groups is 2. The molecule has 5 rings (SSSR count). The lowest BCUT2D eigenvalue weighted by atomic mass is 9.83. The first-order valence-corrected chi connectivity index (χ1v) is 18.9. The molecule has 1 aliphatic heterocycles. The molecule has 1 saturated carbocycles. The second kappa shape index (κ2) is 27.4. The maximum Gasteiger partial charge on any atom is 0.457 e. The van der Waals surface area contributed by atoms with Crippen LogP contribution in [0.5, 0.6) is 0 Å². The Labute approximate surface area is 330 Å². The number of aliphatic hydroxyl groups excluding tert-OH is 2. The highest BCUT2D eigenvalue weighted by atomic mass is 16.7. The van der Waals surface area contributed by atoms with Gasteiger partial charge in [-0.3, -0.25) is 19.7 Å². The SMILES string of the molecule is C.CCCCB1O[C@@H](C)[C@H](C(=O)N(C)C)O1.CCCCOC(=O)/C=C/c1cncc(C)c1.Cc1cncc(/C=C/CO)c1.Cc1cncc([C@H]2C[C@@H]2CO)c1. The Bertz CT molecular complexity index is 1600. The van der Waals surface area contributed by atoms with E-state index in [9.17, 15) is 9.59 Å². The highest BCUT2D eigenvalue weighted by Gasteiger charge is 2.41. The fourth-order valence-electron chi connectivity index (χ4n) is 5.33. The molecule has 2 N–H and O–H groups in total. The molecule has 11 nitrogen and oxygen atoms in total. The summed E-state index contributed by atoms with van der Waals surface area (Å²) in [6.45, 7) is 13.0. The van der Waals surface area contributed by atoms with Gasteiger partial charge >= 0.3 is 13.1 Å². The molecule has 1 aliphatic carbocycles. The van der Waals surface area contributed by atoms with Crippen molar-refractivity contribution in [3.05, 3.63) is 101 Å². The van der Waals surface area contributed by atoms with Crippen LogP contribution < -0.4 is 0 Å². The minimum Gasteiger partial charge on any atom is -0.463 e. The van der Waals surface area contributed by atoms with Gasteiger partial charge in [-0.15, -0.1) is 0 Å². The Kier molecular flexibility index (Phi) is 24.3. The normalized spacial score (nSPS) is 18.2. The van der Waals surface area contributed by atoms with Gasteiger partial charge in [0.1, 0.15) is 6.10 Å². The van der Waals surface area contributed by atoms with Gasteiger partial charge < -0.3 is 29.2 Å². The van der Waals surface area contributed by atoms with Gasteiger partial charge in [0.05, 0.1) is 19.3 Å². The zero-order chi connectivity index (χ0) is 39.9. The summed E-state index contributed by atoms with van der Waals surface area (Å²) >= 11 is 0. The van der Waals surface area contributed by atoms with E-state index in [2.05, 4.69) is 34.9 Å². The number of hydrogen-bond donors (Lipinski definition) is 2. The van der Waals surface area contributed by atoms with E-state index in [0.29, 0.717) is 25.0 Å². The number of ether oxygens (including phenoxy) is 1. The number of unbranched alkanes of at least 4 members (excludes halogenated alkanes) is 2. The van der Waals surface area contributed by atoms with Gasteiger partial charge in [-0.2, -0.15) is 0 Å². The maximum absolute atomic E-state index is 11.7. The molecule has 2 fully saturated rings. The first kappa shape index (κ1) is 48.8. The molecule has 2 aliphatic rings. The van der Waals surface area contributed by atoms with E-state index in [1.165, 1.54) is 17.2 Å². The molecule has 302 valence electrons. The molecule has 0 radical (unpaired) electrons. The van der Waals surface area contributed by atoms with Gasteiger partial charge in [-0.25, -0.2) is 4.79 Å². The van der Waals surface area contributed by atoms with Crippen molar-refractivity contribution in [1.82, 2.24) is 19.9 Å². The van der Waals surface area contributed by atoms with Crippen LogP contribution in [0.25, 0.3) is 12.2 Å². The third kappa shape index (κ3) is 19.8. The average Bonchev–Trinajstić information content (AvgIpc) is 3.86. The lowest BCUT2D eigenvalue weighted by Crippen LogP contribution is -2.38.